The molecule has 0 saturated heterocycles. The summed E-state index contributed by atoms with van der Waals surface area (Å²) in [6, 6.07) is 8.68. The quantitative estimate of drug-likeness (QED) is 0.646. The lowest BCUT2D eigenvalue weighted by Crippen LogP contribution is -2.14. The molecule has 6 heteroatoms. The molecule has 0 aliphatic heterocycles. The van der Waals surface area contributed by atoms with Crippen LogP contribution >= 0.6 is 0 Å². The summed E-state index contributed by atoms with van der Waals surface area (Å²) < 4.78 is 0. The smallest absolute Gasteiger partial charge is 0.335 e. The first-order chi connectivity index (χ1) is 9.88. The van der Waals surface area contributed by atoms with Gasteiger partial charge in [-0.3, -0.25) is 4.79 Å². The van der Waals surface area contributed by atoms with Crippen molar-refractivity contribution in [1.29, 1.82) is 0 Å². The molecule has 0 saturated carbocycles. The van der Waals surface area contributed by atoms with E-state index in [4.69, 9.17) is 10.8 Å². The molecular weight excluding hydrogens is 272 g/mol. The highest BCUT2D eigenvalue weighted by atomic mass is 16.4. The van der Waals surface area contributed by atoms with Crippen molar-refractivity contribution in [2.45, 2.75) is 6.92 Å². The van der Waals surface area contributed by atoms with Gasteiger partial charge in [0.05, 0.1) is 22.5 Å². The number of rotatable bonds is 3. The Labute approximate surface area is 120 Å². The molecule has 21 heavy (non-hydrogen) atoms. The number of aromatic carboxylic acids is 1. The molecule has 6 nitrogen and oxygen atoms in total. The number of anilines is 2. The molecule has 2 aromatic rings. The second-order valence-electron chi connectivity index (χ2n) is 4.58. The minimum absolute atomic E-state index is 0.0312. The highest BCUT2D eigenvalue weighted by Gasteiger charge is 2.13. The zero-order valence-electron chi connectivity index (χ0n) is 11.3. The number of carbonyl (C=O) groups excluding carboxylic acids is 1. The lowest BCUT2D eigenvalue weighted by Gasteiger charge is -2.10. The number of nitrogens with two attached hydrogens (primary N) is 1. The van der Waals surface area contributed by atoms with E-state index in [2.05, 4.69) is 5.32 Å². The highest BCUT2D eigenvalue weighted by molar-refractivity contribution is 6.07. The minimum atomic E-state index is -1.10. The molecule has 0 unspecified atom stereocenters. The van der Waals surface area contributed by atoms with Gasteiger partial charge in [0.1, 0.15) is 5.75 Å². The average Bonchev–Trinajstić information content (AvgIpc) is 2.40. The van der Waals surface area contributed by atoms with Crippen LogP contribution in [0.15, 0.2) is 36.4 Å². The molecule has 0 spiro atoms. The molecule has 5 N–H and O–H groups in total. The number of carbonyl (C=O) groups is 2. The average molecular weight is 286 g/mol. The van der Waals surface area contributed by atoms with Gasteiger partial charge in [-0.1, -0.05) is 6.07 Å². The number of phenolic OH excluding ortho intramolecular Hbond substituents is 1. The number of nitrogen functional groups attached to an aromatic ring is 1. The van der Waals surface area contributed by atoms with Crippen molar-refractivity contribution in [1.82, 2.24) is 0 Å². The van der Waals surface area contributed by atoms with Gasteiger partial charge in [0, 0.05) is 0 Å². The van der Waals surface area contributed by atoms with Gasteiger partial charge in [-0.05, 0) is 42.8 Å². The molecule has 2 rings (SSSR count). The molecular formula is C15H14N2O4. The monoisotopic (exact) mass is 286 g/mol. The zero-order valence-corrected chi connectivity index (χ0v) is 11.3. The summed E-state index contributed by atoms with van der Waals surface area (Å²) in [6.07, 6.45) is 0. The van der Waals surface area contributed by atoms with E-state index in [0.29, 0.717) is 0 Å². The van der Waals surface area contributed by atoms with Crippen LogP contribution in [0.1, 0.15) is 26.3 Å². The molecule has 1 amide bonds. The number of nitrogens with one attached hydrogen (secondary N) is 1. The maximum Gasteiger partial charge on any atom is 0.335 e. The SMILES string of the molecule is Cc1ccc(C(=O)Nc2ccc(C(=O)O)cc2N)c(O)c1. The van der Waals surface area contributed by atoms with E-state index < -0.39 is 11.9 Å². The summed E-state index contributed by atoms with van der Waals surface area (Å²) in [7, 11) is 0. The van der Waals surface area contributed by atoms with E-state index in [0.717, 1.165) is 5.56 Å². The second kappa shape index (κ2) is 5.54. The number of carboxylic acid groups (broad SMARTS) is 1. The summed E-state index contributed by atoms with van der Waals surface area (Å²) in [5.74, 6) is -1.76. The van der Waals surface area contributed by atoms with Crippen molar-refractivity contribution in [3.05, 3.63) is 53.1 Å². The van der Waals surface area contributed by atoms with Gasteiger partial charge in [-0.15, -0.1) is 0 Å². The van der Waals surface area contributed by atoms with Gasteiger partial charge in [-0.2, -0.15) is 0 Å². The summed E-state index contributed by atoms with van der Waals surface area (Å²) in [5.41, 5.74) is 7.10. The first-order valence-corrected chi connectivity index (χ1v) is 6.12. The van der Waals surface area contributed by atoms with E-state index in [1.54, 1.807) is 13.0 Å². The number of aromatic hydroxyl groups is 1. The number of benzene rings is 2. The Bertz CT molecular complexity index is 726. The minimum Gasteiger partial charge on any atom is -0.507 e. The molecule has 2 aromatic carbocycles. The van der Waals surface area contributed by atoms with Gasteiger partial charge in [0.25, 0.3) is 5.91 Å². The van der Waals surface area contributed by atoms with Crippen LogP contribution in [-0.4, -0.2) is 22.1 Å². The van der Waals surface area contributed by atoms with Crippen molar-refractivity contribution in [3.63, 3.8) is 0 Å². The molecule has 0 atom stereocenters. The topological polar surface area (TPSA) is 113 Å². The van der Waals surface area contributed by atoms with Crippen LogP contribution < -0.4 is 11.1 Å². The van der Waals surface area contributed by atoms with E-state index in [9.17, 15) is 14.7 Å². The third kappa shape index (κ3) is 3.11. The van der Waals surface area contributed by atoms with E-state index >= 15 is 0 Å². The highest BCUT2D eigenvalue weighted by Crippen LogP contribution is 2.23. The van der Waals surface area contributed by atoms with Crippen LogP contribution in [-0.2, 0) is 0 Å². The number of phenols is 1. The van der Waals surface area contributed by atoms with Crippen molar-refractivity contribution < 1.29 is 19.8 Å². The van der Waals surface area contributed by atoms with Crippen LogP contribution in [0.25, 0.3) is 0 Å². The van der Waals surface area contributed by atoms with Gasteiger partial charge in [-0.25, -0.2) is 4.79 Å². The van der Waals surface area contributed by atoms with Gasteiger partial charge in [0.2, 0.25) is 0 Å². The third-order valence-electron chi connectivity index (χ3n) is 2.94. The van der Waals surface area contributed by atoms with Crippen molar-refractivity contribution in [2.75, 3.05) is 11.1 Å². The number of hydrogen-bond donors (Lipinski definition) is 4. The second-order valence-corrected chi connectivity index (χ2v) is 4.58. The fraction of sp³-hybridized carbons (Fsp3) is 0.0667. The molecule has 0 aromatic heterocycles. The maximum absolute atomic E-state index is 12.1. The van der Waals surface area contributed by atoms with Crippen LogP contribution in [0, 0.1) is 6.92 Å². The summed E-state index contributed by atoms with van der Waals surface area (Å²) >= 11 is 0. The van der Waals surface area contributed by atoms with Crippen LogP contribution in [0.4, 0.5) is 11.4 Å². The number of aryl methyl sites for hydroxylation is 1. The van der Waals surface area contributed by atoms with Crippen molar-refractivity contribution in [3.8, 4) is 5.75 Å². The van der Waals surface area contributed by atoms with Crippen LogP contribution in [0.5, 0.6) is 5.75 Å². The Balaban J connectivity index is 2.25. The van der Waals surface area contributed by atoms with Crippen molar-refractivity contribution >= 4 is 23.3 Å². The Hall–Kier alpha value is -3.02. The van der Waals surface area contributed by atoms with Crippen LogP contribution in [0.3, 0.4) is 0 Å². The number of hydrogen-bond acceptors (Lipinski definition) is 4. The Morgan fingerprint density at radius 2 is 1.86 bits per heavy atom. The number of carboxylic acids is 1. The first-order valence-electron chi connectivity index (χ1n) is 6.12. The lowest BCUT2D eigenvalue weighted by atomic mass is 10.1. The predicted octanol–water partition coefficient (Wildman–Crippen LogP) is 2.23. The Kier molecular flexibility index (Phi) is 3.80. The lowest BCUT2D eigenvalue weighted by molar-refractivity contribution is 0.0696. The van der Waals surface area contributed by atoms with E-state index in [1.165, 1.54) is 30.3 Å². The van der Waals surface area contributed by atoms with Gasteiger partial charge in [0.15, 0.2) is 0 Å². The van der Waals surface area contributed by atoms with E-state index in [-0.39, 0.29) is 28.3 Å². The Morgan fingerprint density at radius 3 is 2.43 bits per heavy atom. The van der Waals surface area contributed by atoms with Crippen molar-refractivity contribution in [2.24, 2.45) is 0 Å². The molecule has 0 radical (unpaired) electrons. The molecule has 0 aliphatic rings. The van der Waals surface area contributed by atoms with Crippen LogP contribution in [0.2, 0.25) is 0 Å². The summed E-state index contributed by atoms with van der Waals surface area (Å²) in [6.45, 7) is 1.80. The van der Waals surface area contributed by atoms with E-state index in [1.807, 2.05) is 0 Å². The standard InChI is InChI=1S/C15H14N2O4/c1-8-2-4-10(13(18)6-8)14(19)17-12-5-3-9(15(20)21)7-11(12)16/h2-7,18H,16H2,1H3,(H,17,19)(H,20,21). The number of amides is 1. The van der Waals surface area contributed by atoms with Gasteiger partial charge < -0.3 is 21.3 Å². The summed E-state index contributed by atoms with van der Waals surface area (Å²) in [5, 5.41) is 21.1. The maximum atomic E-state index is 12.1. The molecule has 0 heterocycles. The fourth-order valence-corrected chi connectivity index (χ4v) is 1.83. The van der Waals surface area contributed by atoms with Gasteiger partial charge >= 0.3 is 5.97 Å². The normalized spacial score (nSPS) is 10.1. The first kappa shape index (κ1) is 14.4. The summed E-state index contributed by atoms with van der Waals surface area (Å²) in [4.78, 5) is 22.9. The molecule has 0 aliphatic carbocycles. The molecule has 108 valence electrons. The molecule has 0 fully saturated rings. The fourth-order valence-electron chi connectivity index (χ4n) is 1.83. The predicted molar refractivity (Wildman–Crippen MR) is 78.6 cm³/mol. The molecule has 0 bridgehead atoms. The largest absolute Gasteiger partial charge is 0.507 e. The zero-order chi connectivity index (χ0) is 15.6. The Morgan fingerprint density at radius 1 is 1.14 bits per heavy atom. The third-order valence-corrected chi connectivity index (χ3v) is 2.94.